The number of nitrogens with zero attached hydrogens (tertiary/aromatic N) is 3. The third-order valence-corrected chi connectivity index (χ3v) is 5.70. The van der Waals surface area contributed by atoms with Gasteiger partial charge in [0.2, 0.25) is 0 Å². The smallest absolute Gasteiger partial charge is 0.273 e. The number of rotatable bonds is 6. The zero-order chi connectivity index (χ0) is 17.3. The first-order valence-electron chi connectivity index (χ1n) is 9.08. The van der Waals surface area contributed by atoms with Crippen LogP contribution >= 0.6 is 0 Å². The summed E-state index contributed by atoms with van der Waals surface area (Å²) >= 11 is 0. The Bertz CT molecular complexity index is 739. The fourth-order valence-corrected chi connectivity index (χ4v) is 4.12. The summed E-state index contributed by atoms with van der Waals surface area (Å²) in [6, 6.07) is 10.2. The Morgan fingerprint density at radius 2 is 2.16 bits per heavy atom. The third kappa shape index (κ3) is 2.95. The Labute approximate surface area is 147 Å². The molecule has 4 rings (SSSR count). The SMILES string of the molecule is CCO[C@@H]1C[C@H](NC(=O)c2cn(Cc3ccccc3)nn2)C12CCC2. The van der Waals surface area contributed by atoms with Crippen molar-refractivity contribution < 1.29 is 9.53 Å². The van der Waals surface area contributed by atoms with E-state index in [1.165, 1.54) is 6.42 Å². The van der Waals surface area contributed by atoms with E-state index >= 15 is 0 Å². The van der Waals surface area contributed by atoms with Gasteiger partial charge in [-0.15, -0.1) is 5.10 Å². The van der Waals surface area contributed by atoms with Gasteiger partial charge in [0.25, 0.3) is 5.91 Å². The molecule has 1 spiro atoms. The zero-order valence-electron chi connectivity index (χ0n) is 14.5. The van der Waals surface area contributed by atoms with Crippen molar-refractivity contribution in [3.8, 4) is 0 Å². The van der Waals surface area contributed by atoms with Crippen LogP contribution in [-0.4, -0.2) is 39.7 Å². The number of carbonyl (C=O) groups is 1. The molecule has 6 heteroatoms. The van der Waals surface area contributed by atoms with Crippen LogP contribution in [0.15, 0.2) is 36.5 Å². The second-order valence-corrected chi connectivity index (χ2v) is 7.08. The van der Waals surface area contributed by atoms with E-state index in [-0.39, 0.29) is 17.4 Å². The van der Waals surface area contributed by atoms with Gasteiger partial charge in [0.05, 0.1) is 18.8 Å². The fraction of sp³-hybridized carbons (Fsp3) is 0.526. The standard InChI is InChI=1S/C19H24N4O2/c1-2-25-17-11-16(19(17)9-6-10-19)20-18(24)15-13-23(22-21-15)12-14-7-4-3-5-8-14/h3-5,7-8,13,16-17H,2,6,9-12H2,1H3,(H,20,24)/t16-,17+/m0/s1. The van der Waals surface area contributed by atoms with Crippen molar-refractivity contribution in [2.75, 3.05) is 6.61 Å². The molecule has 2 atom stereocenters. The number of amides is 1. The molecule has 1 amide bonds. The van der Waals surface area contributed by atoms with Gasteiger partial charge in [0, 0.05) is 18.1 Å². The number of ether oxygens (including phenoxy) is 1. The third-order valence-electron chi connectivity index (χ3n) is 5.70. The van der Waals surface area contributed by atoms with E-state index in [9.17, 15) is 4.79 Å². The second-order valence-electron chi connectivity index (χ2n) is 7.08. The largest absolute Gasteiger partial charge is 0.378 e. The van der Waals surface area contributed by atoms with Crippen molar-refractivity contribution >= 4 is 5.91 Å². The van der Waals surface area contributed by atoms with Crippen LogP contribution in [0.2, 0.25) is 0 Å². The molecule has 25 heavy (non-hydrogen) atoms. The second kappa shape index (κ2) is 6.59. The van der Waals surface area contributed by atoms with E-state index in [0.29, 0.717) is 18.3 Å². The Balaban J connectivity index is 1.38. The van der Waals surface area contributed by atoms with Crippen LogP contribution in [0, 0.1) is 5.41 Å². The summed E-state index contributed by atoms with van der Waals surface area (Å²) in [5.74, 6) is -0.134. The zero-order valence-corrected chi connectivity index (χ0v) is 14.5. The highest BCUT2D eigenvalue weighted by atomic mass is 16.5. The molecular weight excluding hydrogens is 316 g/mol. The van der Waals surface area contributed by atoms with Crippen molar-refractivity contribution in [2.45, 2.75) is 51.3 Å². The quantitative estimate of drug-likeness (QED) is 0.877. The van der Waals surface area contributed by atoms with E-state index < -0.39 is 0 Å². The molecule has 0 unspecified atom stereocenters. The van der Waals surface area contributed by atoms with Gasteiger partial charge in [-0.05, 0) is 31.7 Å². The molecule has 2 saturated carbocycles. The van der Waals surface area contributed by atoms with Crippen LogP contribution in [-0.2, 0) is 11.3 Å². The van der Waals surface area contributed by atoms with E-state index in [0.717, 1.165) is 31.4 Å². The average Bonchev–Trinajstić information content (AvgIpc) is 3.01. The molecule has 2 aliphatic rings. The molecule has 1 heterocycles. The Hall–Kier alpha value is -2.21. The fourth-order valence-electron chi connectivity index (χ4n) is 4.12. The highest BCUT2D eigenvalue weighted by Gasteiger charge is 2.59. The van der Waals surface area contributed by atoms with Crippen LogP contribution in [0.3, 0.4) is 0 Å². The van der Waals surface area contributed by atoms with Crippen molar-refractivity contribution in [3.63, 3.8) is 0 Å². The average molecular weight is 340 g/mol. The first kappa shape index (κ1) is 16.3. The lowest BCUT2D eigenvalue weighted by atomic mass is 9.51. The molecule has 0 bridgehead atoms. The monoisotopic (exact) mass is 340 g/mol. The van der Waals surface area contributed by atoms with Gasteiger partial charge in [-0.25, -0.2) is 4.68 Å². The number of carbonyl (C=O) groups excluding carboxylic acids is 1. The van der Waals surface area contributed by atoms with E-state index in [2.05, 4.69) is 15.6 Å². The van der Waals surface area contributed by atoms with Crippen LogP contribution in [0.4, 0.5) is 0 Å². The number of aromatic nitrogens is 3. The van der Waals surface area contributed by atoms with Gasteiger partial charge in [-0.3, -0.25) is 4.79 Å². The normalized spacial score (nSPS) is 23.7. The van der Waals surface area contributed by atoms with Gasteiger partial charge in [0.15, 0.2) is 5.69 Å². The van der Waals surface area contributed by atoms with Gasteiger partial charge in [0.1, 0.15) is 0 Å². The Kier molecular flexibility index (Phi) is 4.29. The minimum atomic E-state index is -0.134. The lowest BCUT2D eigenvalue weighted by Gasteiger charge is -2.60. The maximum atomic E-state index is 12.5. The molecule has 2 fully saturated rings. The van der Waals surface area contributed by atoms with Gasteiger partial charge in [-0.1, -0.05) is 42.0 Å². The van der Waals surface area contributed by atoms with Crippen LogP contribution in [0.5, 0.6) is 0 Å². The number of benzene rings is 1. The predicted octanol–water partition coefficient (Wildman–Crippen LogP) is 2.40. The Morgan fingerprint density at radius 1 is 1.36 bits per heavy atom. The molecule has 2 aliphatic carbocycles. The molecule has 1 aromatic carbocycles. The topological polar surface area (TPSA) is 69.0 Å². The molecule has 132 valence electrons. The molecule has 1 N–H and O–H groups in total. The van der Waals surface area contributed by atoms with Crippen LogP contribution in [0.1, 0.15) is 48.7 Å². The lowest BCUT2D eigenvalue weighted by molar-refractivity contribution is -0.169. The van der Waals surface area contributed by atoms with Crippen molar-refractivity contribution in [1.82, 2.24) is 20.3 Å². The van der Waals surface area contributed by atoms with Crippen LogP contribution in [0.25, 0.3) is 0 Å². The van der Waals surface area contributed by atoms with E-state index in [1.54, 1.807) is 10.9 Å². The number of nitrogens with one attached hydrogen (secondary N) is 1. The summed E-state index contributed by atoms with van der Waals surface area (Å²) in [7, 11) is 0. The minimum absolute atomic E-state index is 0.134. The number of hydrogen-bond acceptors (Lipinski definition) is 4. The molecule has 2 aromatic rings. The molecular formula is C19H24N4O2. The minimum Gasteiger partial charge on any atom is -0.378 e. The van der Waals surface area contributed by atoms with Gasteiger partial charge >= 0.3 is 0 Å². The summed E-state index contributed by atoms with van der Waals surface area (Å²) in [6.45, 7) is 3.38. The van der Waals surface area contributed by atoms with Crippen molar-refractivity contribution in [2.24, 2.45) is 5.41 Å². The molecule has 1 aromatic heterocycles. The van der Waals surface area contributed by atoms with Crippen molar-refractivity contribution in [1.29, 1.82) is 0 Å². The molecule has 6 nitrogen and oxygen atoms in total. The maximum absolute atomic E-state index is 12.5. The molecule has 0 aliphatic heterocycles. The molecule has 0 saturated heterocycles. The number of hydrogen-bond donors (Lipinski definition) is 1. The van der Waals surface area contributed by atoms with E-state index in [4.69, 9.17) is 4.74 Å². The summed E-state index contributed by atoms with van der Waals surface area (Å²) in [6.07, 6.45) is 6.42. The summed E-state index contributed by atoms with van der Waals surface area (Å²) in [4.78, 5) is 12.5. The maximum Gasteiger partial charge on any atom is 0.273 e. The Morgan fingerprint density at radius 3 is 2.84 bits per heavy atom. The summed E-state index contributed by atoms with van der Waals surface area (Å²) < 4.78 is 7.54. The first-order valence-corrected chi connectivity index (χ1v) is 9.08. The predicted molar refractivity (Wildman–Crippen MR) is 93.1 cm³/mol. The van der Waals surface area contributed by atoms with Crippen LogP contribution < -0.4 is 5.32 Å². The lowest BCUT2D eigenvalue weighted by Crippen LogP contribution is -2.67. The summed E-state index contributed by atoms with van der Waals surface area (Å²) in [5.41, 5.74) is 1.67. The molecule has 0 radical (unpaired) electrons. The van der Waals surface area contributed by atoms with Crippen molar-refractivity contribution in [3.05, 3.63) is 47.8 Å². The highest BCUT2D eigenvalue weighted by molar-refractivity contribution is 5.92. The van der Waals surface area contributed by atoms with Gasteiger partial charge in [-0.2, -0.15) is 0 Å². The first-order chi connectivity index (χ1) is 12.2. The van der Waals surface area contributed by atoms with E-state index in [1.807, 2.05) is 37.3 Å². The highest BCUT2D eigenvalue weighted by Crippen LogP contribution is 2.57. The van der Waals surface area contributed by atoms with Gasteiger partial charge < -0.3 is 10.1 Å². The summed E-state index contributed by atoms with van der Waals surface area (Å²) in [5, 5.41) is 11.3.